The number of ether oxygens (including phenoxy) is 1. The first-order valence-corrected chi connectivity index (χ1v) is 23.6. The second-order valence-electron chi connectivity index (χ2n) is 18.0. The van der Waals surface area contributed by atoms with Crippen molar-refractivity contribution in [3.8, 4) is 33.8 Å². The van der Waals surface area contributed by atoms with Gasteiger partial charge in [-0.2, -0.15) is 0 Å². The van der Waals surface area contributed by atoms with Crippen molar-refractivity contribution in [2.75, 3.05) is 4.90 Å². The van der Waals surface area contributed by atoms with Gasteiger partial charge < -0.3 is 18.5 Å². The van der Waals surface area contributed by atoms with Crippen LogP contribution in [0, 0.1) is 13.8 Å². The summed E-state index contributed by atoms with van der Waals surface area (Å²) in [5.74, 6) is 1.50. The zero-order chi connectivity index (χ0) is 41.7. The molecule has 8 heteroatoms. The van der Waals surface area contributed by atoms with Crippen LogP contribution in [-0.2, 0) is 0 Å². The average Bonchev–Trinajstić information content (AvgIpc) is 3.88. The third-order valence-electron chi connectivity index (χ3n) is 14.4. The highest BCUT2D eigenvalue weighted by Gasteiger charge is 2.53. The molecule has 9 aromatic carbocycles. The summed E-state index contributed by atoms with van der Waals surface area (Å²) in [6, 6.07) is 56.3. The second-order valence-corrected chi connectivity index (χ2v) is 20.2. The lowest BCUT2D eigenvalue weighted by Gasteiger charge is -2.49. The second kappa shape index (κ2) is 12.0. The van der Waals surface area contributed by atoms with Crippen molar-refractivity contribution in [3.05, 3.63) is 163 Å². The van der Waals surface area contributed by atoms with Crippen LogP contribution < -0.4 is 42.4 Å². The minimum Gasteiger partial charge on any atom is -0.452 e. The van der Waals surface area contributed by atoms with Crippen LogP contribution in [0.4, 0.5) is 17.1 Å². The maximum absolute atomic E-state index is 7.60. The summed E-state index contributed by atoms with van der Waals surface area (Å²) in [5.41, 5.74) is 21.7. The molecule has 0 fully saturated rings. The number of benzene rings is 9. The largest absolute Gasteiger partial charge is 0.452 e. The van der Waals surface area contributed by atoms with Crippen LogP contribution in [0.2, 0.25) is 0 Å². The highest BCUT2D eigenvalue weighted by molar-refractivity contribution is 8.01. The summed E-state index contributed by atoms with van der Waals surface area (Å²) in [7, 11) is 0. The topological polar surface area (TPSA) is 38.8 Å². The molecule has 0 amide bonds. The summed E-state index contributed by atoms with van der Waals surface area (Å²) in [6.07, 6.45) is 0. The van der Waals surface area contributed by atoms with Crippen LogP contribution in [0.1, 0.15) is 11.1 Å². The Labute approximate surface area is 377 Å². The van der Waals surface area contributed by atoms with Crippen molar-refractivity contribution in [1.29, 1.82) is 0 Å². The van der Waals surface area contributed by atoms with E-state index in [1.54, 1.807) is 0 Å². The third kappa shape index (κ3) is 4.31. The van der Waals surface area contributed by atoms with Crippen molar-refractivity contribution >= 4 is 131 Å². The molecular formula is C56H31B2NO3S2. The van der Waals surface area contributed by atoms with Crippen LogP contribution in [0.5, 0.6) is 11.5 Å². The molecule has 2 aromatic heterocycles. The van der Waals surface area contributed by atoms with Crippen LogP contribution >= 0.6 is 23.5 Å². The van der Waals surface area contributed by atoms with E-state index in [2.05, 4.69) is 170 Å². The number of anilines is 3. The molecule has 0 spiro atoms. The summed E-state index contributed by atoms with van der Waals surface area (Å²) < 4.78 is 21.6. The van der Waals surface area contributed by atoms with E-state index in [0.29, 0.717) is 0 Å². The molecular weight excluding hydrogens is 820 g/mol. The first-order valence-electron chi connectivity index (χ1n) is 21.9. The Balaban J connectivity index is 1.08. The first kappa shape index (κ1) is 34.5. The SMILES string of the molecule is Cc1ccc2c(c1)oc1c3c4c(cc12)B1c2cc(-c5ccccc5)ccc2Sc2cc5c6c(c21)N4c1c(cc2c(oc4cc(C)ccc42)c1O3)B6c1cc(-c2ccccc2)ccc1S5. The Kier molecular flexibility index (Phi) is 6.45. The molecule has 5 aliphatic rings. The zero-order valence-electron chi connectivity index (χ0n) is 34.6. The van der Waals surface area contributed by atoms with Gasteiger partial charge >= 0.3 is 0 Å². The van der Waals surface area contributed by atoms with Crippen LogP contribution in [0.3, 0.4) is 0 Å². The average molecular weight is 852 g/mol. The summed E-state index contributed by atoms with van der Waals surface area (Å²) in [4.78, 5) is 7.78. The van der Waals surface area contributed by atoms with E-state index in [-0.39, 0.29) is 13.4 Å². The molecule has 0 radical (unpaired) electrons. The predicted molar refractivity (Wildman–Crippen MR) is 267 cm³/mol. The Bertz CT molecular complexity index is 3740. The van der Waals surface area contributed by atoms with E-state index in [1.165, 1.54) is 80.3 Å². The predicted octanol–water partition coefficient (Wildman–Crippen LogP) is 11.6. The lowest BCUT2D eigenvalue weighted by atomic mass is 9.30. The standard InChI is InChI=1S/C56H31B2NO3S2/c1-28-13-17-34-36-25-40-50-55(53(36)60-42(34)21-28)62-56-51-41(26-37-35-18-14-29(2)22-43(35)61-54(37)56)58-39-24-33(31-11-7-4-8-12-31)16-20-45(39)64-47-27-46-48(52(49(47)58)59(50)51)57(40)38-23-32(15-19-44(38)63-46)30-9-5-3-6-10-30/h3-27H,1-2H3. The van der Waals surface area contributed by atoms with Gasteiger partial charge in [0.05, 0.1) is 11.4 Å². The van der Waals surface area contributed by atoms with Gasteiger partial charge in [-0.25, -0.2) is 0 Å². The van der Waals surface area contributed by atoms with E-state index in [4.69, 9.17) is 13.6 Å². The zero-order valence-corrected chi connectivity index (χ0v) is 36.2. The molecule has 296 valence electrons. The van der Waals surface area contributed by atoms with Crippen molar-refractivity contribution in [2.24, 2.45) is 0 Å². The molecule has 7 heterocycles. The number of rotatable bonds is 2. The maximum Gasteiger partial charge on any atom is 0.249 e. The Morgan fingerprint density at radius 1 is 0.406 bits per heavy atom. The number of hydrogen-bond acceptors (Lipinski definition) is 6. The molecule has 11 aromatic rings. The van der Waals surface area contributed by atoms with Gasteiger partial charge in [0.2, 0.25) is 13.4 Å². The molecule has 5 aliphatic heterocycles. The molecule has 0 unspecified atom stereocenters. The monoisotopic (exact) mass is 851 g/mol. The summed E-state index contributed by atoms with van der Waals surface area (Å²) in [5, 5.41) is 4.31. The van der Waals surface area contributed by atoms with Gasteiger partial charge in [0.15, 0.2) is 22.7 Å². The van der Waals surface area contributed by atoms with E-state index < -0.39 is 0 Å². The highest BCUT2D eigenvalue weighted by Crippen LogP contribution is 2.59. The van der Waals surface area contributed by atoms with Gasteiger partial charge in [-0.1, -0.05) is 156 Å². The van der Waals surface area contributed by atoms with Crippen molar-refractivity contribution in [1.82, 2.24) is 0 Å². The van der Waals surface area contributed by atoms with Crippen molar-refractivity contribution < 1.29 is 13.6 Å². The lowest BCUT2D eigenvalue weighted by molar-refractivity contribution is 0.466. The van der Waals surface area contributed by atoms with Gasteiger partial charge in [-0.05, 0) is 99.4 Å². The van der Waals surface area contributed by atoms with Crippen molar-refractivity contribution in [2.45, 2.75) is 33.4 Å². The molecule has 0 N–H and O–H groups in total. The van der Waals surface area contributed by atoms with Gasteiger partial charge in [0.25, 0.3) is 0 Å². The summed E-state index contributed by atoms with van der Waals surface area (Å²) in [6.45, 7) is 4.16. The van der Waals surface area contributed by atoms with Crippen LogP contribution in [-0.4, -0.2) is 13.4 Å². The maximum atomic E-state index is 7.60. The number of fused-ring (bicyclic) bond motifs is 14. The fourth-order valence-electron chi connectivity index (χ4n) is 11.7. The molecule has 0 saturated heterocycles. The minimum atomic E-state index is -0.0488. The van der Waals surface area contributed by atoms with Crippen LogP contribution in [0.15, 0.2) is 180 Å². The molecule has 0 atom stereocenters. The molecule has 0 aliphatic carbocycles. The van der Waals surface area contributed by atoms with E-state index in [1.807, 2.05) is 23.5 Å². The number of hydrogen-bond donors (Lipinski definition) is 0. The first-order chi connectivity index (χ1) is 31.5. The highest BCUT2D eigenvalue weighted by atomic mass is 32.2. The molecule has 0 saturated carbocycles. The van der Waals surface area contributed by atoms with Crippen LogP contribution in [0.25, 0.3) is 66.1 Å². The van der Waals surface area contributed by atoms with Crippen molar-refractivity contribution in [3.63, 3.8) is 0 Å². The van der Waals surface area contributed by atoms with E-state index >= 15 is 0 Å². The number of nitrogens with zero attached hydrogens (tertiary/aromatic N) is 1. The number of furan rings is 2. The molecule has 64 heavy (non-hydrogen) atoms. The van der Waals surface area contributed by atoms with E-state index in [9.17, 15) is 0 Å². The van der Waals surface area contributed by atoms with Gasteiger partial charge in [-0.3, -0.25) is 0 Å². The fourth-order valence-corrected chi connectivity index (χ4v) is 14.1. The quantitative estimate of drug-likeness (QED) is 0.161. The normalized spacial score (nSPS) is 14.3. The number of aryl methyl sites for hydroxylation is 2. The minimum absolute atomic E-state index is 0.0488. The van der Waals surface area contributed by atoms with E-state index in [0.717, 1.165) is 77.9 Å². The smallest absolute Gasteiger partial charge is 0.249 e. The Morgan fingerprint density at radius 2 is 0.891 bits per heavy atom. The van der Waals surface area contributed by atoms with Gasteiger partial charge in [0.1, 0.15) is 11.2 Å². The Hall–Kier alpha value is -6.99. The lowest BCUT2D eigenvalue weighted by Crippen LogP contribution is -2.67. The fraction of sp³-hybridized carbons (Fsp3) is 0.0357. The molecule has 0 bridgehead atoms. The van der Waals surface area contributed by atoms with Gasteiger partial charge in [0, 0.05) is 46.8 Å². The third-order valence-corrected chi connectivity index (χ3v) is 16.7. The summed E-state index contributed by atoms with van der Waals surface area (Å²) >= 11 is 3.84. The Morgan fingerprint density at radius 3 is 1.38 bits per heavy atom. The molecule has 4 nitrogen and oxygen atoms in total. The molecule has 16 rings (SSSR count). The van der Waals surface area contributed by atoms with Gasteiger partial charge in [-0.15, -0.1) is 0 Å².